The first-order chi connectivity index (χ1) is 11.0. The molecule has 3 heterocycles. The number of aromatic carboxylic acids is 1. The van der Waals surface area contributed by atoms with Gasteiger partial charge in [0.15, 0.2) is 0 Å². The molecule has 3 aliphatic rings. The third kappa shape index (κ3) is 1.68. The number of hydrogen-bond acceptors (Lipinski definition) is 5. The summed E-state index contributed by atoms with van der Waals surface area (Å²) < 4.78 is 5.64. The summed E-state index contributed by atoms with van der Waals surface area (Å²) in [5, 5.41) is 18.5. The number of aliphatic hydroxyl groups is 1. The maximum absolute atomic E-state index is 12.7. The number of carboxylic acid groups (broad SMARTS) is 1. The van der Waals surface area contributed by atoms with Gasteiger partial charge in [0, 0.05) is 0 Å². The molecule has 0 radical (unpaired) electrons. The number of fused-ring (bicyclic) bond motifs is 5. The van der Waals surface area contributed by atoms with Gasteiger partial charge in [-0.05, 0) is 24.3 Å². The predicted molar refractivity (Wildman–Crippen MR) is 76.7 cm³/mol. The van der Waals surface area contributed by atoms with Crippen LogP contribution in [-0.2, 0) is 14.3 Å². The van der Waals surface area contributed by atoms with Crippen molar-refractivity contribution in [2.75, 3.05) is 11.5 Å². The van der Waals surface area contributed by atoms with Gasteiger partial charge in [-0.3, -0.25) is 9.59 Å². The zero-order chi connectivity index (χ0) is 16.4. The molecular formula is C16H13NO6. The first kappa shape index (κ1) is 14.1. The van der Waals surface area contributed by atoms with Gasteiger partial charge in [-0.2, -0.15) is 0 Å². The van der Waals surface area contributed by atoms with Crippen LogP contribution in [0.3, 0.4) is 0 Å². The minimum Gasteiger partial charge on any atom is -0.478 e. The number of rotatable bonds is 3. The summed E-state index contributed by atoms with van der Waals surface area (Å²) in [5.74, 6) is -3.27. The van der Waals surface area contributed by atoms with Gasteiger partial charge in [-0.15, -0.1) is 0 Å². The van der Waals surface area contributed by atoms with E-state index < -0.39 is 35.4 Å². The van der Waals surface area contributed by atoms with Gasteiger partial charge >= 0.3 is 5.97 Å². The highest BCUT2D eigenvalue weighted by molar-refractivity contribution is 6.23. The van der Waals surface area contributed by atoms with Gasteiger partial charge in [0.05, 0.1) is 35.8 Å². The van der Waals surface area contributed by atoms with E-state index >= 15 is 0 Å². The summed E-state index contributed by atoms with van der Waals surface area (Å²) in [5.41, 5.74) is -0.727. The largest absolute Gasteiger partial charge is 0.478 e. The summed E-state index contributed by atoms with van der Waals surface area (Å²) in [6, 6.07) is 5.55. The Hall–Kier alpha value is -2.51. The van der Waals surface area contributed by atoms with Gasteiger partial charge in [0.1, 0.15) is 5.60 Å². The van der Waals surface area contributed by atoms with E-state index in [2.05, 4.69) is 0 Å². The number of hydrogen-bond donors (Lipinski definition) is 2. The maximum atomic E-state index is 12.7. The average Bonchev–Trinajstić information content (AvgIpc) is 3.19. The van der Waals surface area contributed by atoms with Crippen molar-refractivity contribution in [3.8, 4) is 0 Å². The summed E-state index contributed by atoms with van der Waals surface area (Å²) in [6.45, 7) is -0.369. The number of carbonyl (C=O) groups is 3. The molecule has 2 bridgehead atoms. The van der Waals surface area contributed by atoms with Gasteiger partial charge < -0.3 is 14.9 Å². The van der Waals surface area contributed by atoms with Crippen molar-refractivity contribution in [2.45, 2.75) is 11.7 Å². The van der Waals surface area contributed by atoms with Gasteiger partial charge in [-0.1, -0.05) is 12.2 Å². The van der Waals surface area contributed by atoms with Crippen molar-refractivity contribution in [1.29, 1.82) is 0 Å². The number of ether oxygens (including phenoxy) is 1. The van der Waals surface area contributed by atoms with Crippen molar-refractivity contribution in [1.82, 2.24) is 0 Å². The van der Waals surface area contributed by atoms with E-state index in [1.807, 2.05) is 0 Å². The van der Waals surface area contributed by atoms with E-state index in [1.54, 1.807) is 12.2 Å². The first-order valence-electron chi connectivity index (χ1n) is 7.18. The fourth-order valence-corrected chi connectivity index (χ4v) is 3.69. The quantitative estimate of drug-likeness (QED) is 0.609. The van der Waals surface area contributed by atoms with Gasteiger partial charge in [-0.25, -0.2) is 9.69 Å². The summed E-state index contributed by atoms with van der Waals surface area (Å²) in [6.07, 6.45) is 2.85. The molecule has 2 fully saturated rings. The molecule has 1 aromatic rings. The standard InChI is InChI=1S/C16H13NO6/c18-7-16-6-5-10(23-16)11-12(16)14(20)17(13(11)19)9-3-1-8(2-4-9)15(21)22/h1-6,10-12,18H,7H2,(H,21,22)/t10-,11+,12-,16+/m1/s1. The number of anilines is 1. The SMILES string of the molecule is O=C(O)c1ccc(N2C(=O)[C@H]3[C@H]4C=C[C@@](CO)(O4)[C@H]3C2=O)cc1. The van der Waals surface area contributed by atoms with E-state index in [4.69, 9.17) is 9.84 Å². The Labute approximate surface area is 130 Å². The molecule has 4 rings (SSSR count). The monoisotopic (exact) mass is 315 g/mol. The lowest BCUT2D eigenvalue weighted by Crippen LogP contribution is -2.43. The van der Waals surface area contributed by atoms with Crippen LogP contribution in [0.1, 0.15) is 10.4 Å². The lowest BCUT2D eigenvalue weighted by atomic mass is 9.77. The zero-order valence-electron chi connectivity index (χ0n) is 11.9. The smallest absolute Gasteiger partial charge is 0.335 e. The van der Waals surface area contributed by atoms with Crippen LogP contribution in [0.4, 0.5) is 5.69 Å². The minimum atomic E-state index is -1.13. The summed E-state index contributed by atoms with van der Waals surface area (Å²) >= 11 is 0. The number of nitrogens with zero attached hydrogens (tertiary/aromatic N) is 1. The zero-order valence-corrected chi connectivity index (χ0v) is 11.9. The number of amides is 2. The lowest BCUT2D eigenvalue weighted by molar-refractivity contribution is -0.128. The molecule has 0 unspecified atom stereocenters. The van der Waals surface area contributed by atoms with E-state index in [0.717, 1.165) is 4.90 Å². The van der Waals surface area contributed by atoms with Crippen molar-refractivity contribution in [3.63, 3.8) is 0 Å². The Morgan fingerprint density at radius 1 is 1.22 bits per heavy atom. The molecule has 4 atom stereocenters. The van der Waals surface area contributed by atoms with Crippen molar-refractivity contribution < 1.29 is 29.3 Å². The Kier molecular flexibility index (Phi) is 2.76. The van der Waals surface area contributed by atoms with E-state index in [0.29, 0.717) is 5.69 Å². The number of benzene rings is 1. The highest BCUT2D eigenvalue weighted by Gasteiger charge is 2.67. The molecular weight excluding hydrogens is 302 g/mol. The van der Waals surface area contributed by atoms with Crippen molar-refractivity contribution in [2.24, 2.45) is 11.8 Å². The number of aliphatic hydroxyl groups excluding tert-OH is 1. The Morgan fingerprint density at radius 3 is 2.52 bits per heavy atom. The molecule has 118 valence electrons. The molecule has 3 aliphatic heterocycles. The van der Waals surface area contributed by atoms with Crippen LogP contribution in [0.25, 0.3) is 0 Å². The normalized spacial score (nSPS) is 34.3. The summed E-state index contributed by atoms with van der Waals surface area (Å²) in [4.78, 5) is 37.4. The number of imide groups is 1. The Balaban J connectivity index is 1.72. The fourth-order valence-electron chi connectivity index (χ4n) is 3.69. The van der Waals surface area contributed by atoms with Crippen LogP contribution >= 0.6 is 0 Å². The third-order valence-electron chi connectivity index (χ3n) is 4.77. The van der Waals surface area contributed by atoms with Gasteiger partial charge in [0.25, 0.3) is 0 Å². The van der Waals surface area contributed by atoms with Crippen LogP contribution in [0.5, 0.6) is 0 Å². The molecule has 2 saturated heterocycles. The molecule has 7 heteroatoms. The molecule has 0 saturated carbocycles. The van der Waals surface area contributed by atoms with Crippen LogP contribution in [-0.4, -0.2) is 46.3 Å². The molecule has 23 heavy (non-hydrogen) atoms. The maximum Gasteiger partial charge on any atom is 0.335 e. The lowest BCUT2D eigenvalue weighted by Gasteiger charge is -2.26. The van der Waals surface area contributed by atoms with Crippen LogP contribution in [0, 0.1) is 11.8 Å². The second-order valence-electron chi connectivity index (χ2n) is 5.92. The molecule has 0 aromatic heterocycles. The number of carbonyl (C=O) groups excluding carboxylic acids is 2. The first-order valence-corrected chi connectivity index (χ1v) is 7.18. The minimum absolute atomic E-state index is 0.0740. The van der Waals surface area contributed by atoms with Crippen molar-refractivity contribution in [3.05, 3.63) is 42.0 Å². The second-order valence-corrected chi connectivity index (χ2v) is 5.92. The van der Waals surface area contributed by atoms with E-state index in [9.17, 15) is 19.5 Å². The highest BCUT2D eigenvalue weighted by Crippen LogP contribution is 2.52. The molecule has 1 aromatic carbocycles. The average molecular weight is 315 g/mol. The Bertz CT molecular complexity index is 754. The van der Waals surface area contributed by atoms with Crippen LogP contribution < -0.4 is 4.90 Å². The predicted octanol–water partition coefficient (Wildman–Crippen LogP) is 0.190. The highest BCUT2D eigenvalue weighted by atomic mass is 16.5. The molecule has 0 spiro atoms. The number of carboxylic acids is 1. The second kappa shape index (κ2) is 4.50. The van der Waals surface area contributed by atoms with E-state index in [-0.39, 0.29) is 18.1 Å². The molecule has 0 aliphatic carbocycles. The van der Waals surface area contributed by atoms with Crippen LogP contribution in [0.2, 0.25) is 0 Å². The van der Waals surface area contributed by atoms with Gasteiger partial charge in [0.2, 0.25) is 11.8 Å². The van der Waals surface area contributed by atoms with Crippen LogP contribution in [0.15, 0.2) is 36.4 Å². The fraction of sp³-hybridized carbons (Fsp3) is 0.312. The molecule has 7 nitrogen and oxygen atoms in total. The topological polar surface area (TPSA) is 104 Å². The molecule has 2 amide bonds. The molecule has 2 N–H and O–H groups in total. The Morgan fingerprint density at radius 2 is 1.91 bits per heavy atom. The third-order valence-corrected chi connectivity index (χ3v) is 4.77. The summed E-state index contributed by atoms with van der Waals surface area (Å²) in [7, 11) is 0. The van der Waals surface area contributed by atoms with E-state index in [1.165, 1.54) is 24.3 Å². The van der Waals surface area contributed by atoms with Crippen molar-refractivity contribution >= 4 is 23.5 Å².